The highest BCUT2D eigenvalue weighted by molar-refractivity contribution is 6.34. The molecule has 0 aliphatic rings. The summed E-state index contributed by atoms with van der Waals surface area (Å²) in [5.74, 6) is -1.03. The lowest BCUT2D eigenvalue weighted by Gasteiger charge is -2.00. The maximum absolute atomic E-state index is 13.7. The molecule has 2 aromatic heterocycles. The Labute approximate surface area is 125 Å². The second kappa shape index (κ2) is 6.04. The Morgan fingerprint density at radius 1 is 1.62 bits per heavy atom. The summed E-state index contributed by atoms with van der Waals surface area (Å²) in [6.07, 6.45) is 2.51. The first kappa shape index (κ1) is 15.2. The van der Waals surface area contributed by atoms with Crippen molar-refractivity contribution in [2.45, 2.75) is 20.4 Å². The highest BCUT2D eigenvalue weighted by atomic mass is 35.5. The van der Waals surface area contributed by atoms with Crippen molar-refractivity contribution < 1.29 is 9.18 Å². The summed E-state index contributed by atoms with van der Waals surface area (Å²) in [4.78, 5) is 12.0. The molecular weight excluding hydrogens is 299 g/mol. The predicted octanol–water partition coefficient (Wildman–Crippen LogP) is 1.50. The second-order valence-corrected chi connectivity index (χ2v) is 4.66. The highest BCUT2D eigenvalue weighted by Crippen LogP contribution is 2.18. The summed E-state index contributed by atoms with van der Waals surface area (Å²) in [5.41, 5.74) is 3.20. The molecular formula is C12H14ClFN6O. The average Bonchev–Trinajstić information content (AvgIpc) is 2.91. The van der Waals surface area contributed by atoms with Crippen LogP contribution in [0.5, 0.6) is 0 Å². The van der Waals surface area contributed by atoms with Crippen LogP contribution >= 0.6 is 11.6 Å². The number of hydrogen-bond donors (Lipinski definition) is 1. The van der Waals surface area contributed by atoms with Crippen molar-refractivity contribution in [1.29, 1.82) is 0 Å². The summed E-state index contributed by atoms with van der Waals surface area (Å²) >= 11 is 5.98. The van der Waals surface area contributed by atoms with Crippen LogP contribution in [0.1, 0.15) is 28.7 Å². The largest absolute Gasteiger partial charge is 0.291 e. The number of aryl methyl sites for hydroxylation is 3. The Balaban J connectivity index is 2.10. The van der Waals surface area contributed by atoms with E-state index < -0.39 is 11.9 Å². The van der Waals surface area contributed by atoms with Crippen LogP contribution in [0.25, 0.3) is 0 Å². The molecule has 7 nitrogen and oxygen atoms in total. The third kappa shape index (κ3) is 2.94. The standard InChI is InChI=1S/C12H14ClFN6O/c1-4-20-11(14)8(6-16-20)5-15-17-12(21)10-9(13)7(2)18-19(10)3/h5-6H,4H2,1-3H3,(H,17,21)/b15-5+. The van der Waals surface area contributed by atoms with Gasteiger partial charge in [0.05, 0.1) is 28.7 Å². The summed E-state index contributed by atoms with van der Waals surface area (Å²) in [6, 6.07) is 0. The zero-order valence-electron chi connectivity index (χ0n) is 11.8. The Bertz CT molecular complexity index is 705. The van der Waals surface area contributed by atoms with Gasteiger partial charge in [0, 0.05) is 13.6 Å². The monoisotopic (exact) mass is 312 g/mol. The molecule has 1 amide bonds. The van der Waals surface area contributed by atoms with E-state index in [1.165, 1.54) is 21.8 Å². The van der Waals surface area contributed by atoms with Crippen LogP contribution in [0.2, 0.25) is 5.02 Å². The summed E-state index contributed by atoms with van der Waals surface area (Å²) < 4.78 is 16.2. The molecule has 21 heavy (non-hydrogen) atoms. The third-order valence-corrected chi connectivity index (χ3v) is 3.29. The maximum Gasteiger partial charge on any atom is 0.291 e. The zero-order chi connectivity index (χ0) is 15.6. The van der Waals surface area contributed by atoms with Gasteiger partial charge in [-0.3, -0.25) is 9.48 Å². The van der Waals surface area contributed by atoms with Gasteiger partial charge in [0.15, 0.2) is 0 Å². The maximum atomic E-state index is 13.7. The van der Waals surface area contributed by atoms with Crippen molar-refractivity contribution in [2.75, 3.05) is 0 Å². The van der Waals surface area contributed by atoms with Gasteiger partial charge in [0.25, 0.3) is 5.91 Å². The molecule has 2 rings (SSSR count). The fourth-order valence-electron chi connectivity index (χ4n) is 1.78. The van der Waals surface area contributed by atoms with Gasteiger partial charge in [-0.25, -0.2) is 10.1 Å². The molecule has 0 saturated heterocycles. The summed E-state index contributed by atoms with van der Waals surface area (Å²) in [5, 5.41) is 11.8. The van der Waals surface area contributed by atoms with Crippen molar-refractivity contribution in [3.05, 3.63) is 34.1 Å². The quantitative estimate of drug-likeness (QED) is 0.686. The Hall–Kier alpha value is -2.22. The van der Waals surface area contributed by atoms with Gasteiger partial charge in [0.2, 0.25) is 5.95 Å². The number of hydrazone groups is 1. The number of nitrogens with one attached hydrogen (secondary N) is 1. The van der Waals surface area contributed by atoms with Crippen LogP contribution in [0.3, 0.4) is 0 Å². The van der Waals surface area contributed by atoms with Crippen molar-refractivity contribution in [3.63, 3.8) is 0 Å². The van der Waals surface area contributed by atoms with Crippen LogP contribution in [0.15, 0.2) is 11.3 Å². The fraction of sp³-hybridized carbons (Fsp3) is 0.333. The normalized spacial score (nSPS) is 11.3. The van der Waals surface area contributed by atoms with Gasteiger partial charge in [-0.2, -0.15) is 19.7 Å². The molecule has 0 radical (unpaired) electrons. The molecule has 0 aromatic carbocycles. The second-order valence-electron chi connectivity index (χ2n) is 4.28. The lowest BCUT2D eigenvalue weighted by molar-refractivity contribution is 0.0946. The predicted molar refractivity (Wildman–Crippen MR) is 75.9 cm³/mol. The van der Waals surface area contributed by atoms with E-state index in [9.17, 15) is 9.18 Å². The van der Waals surface area contributed by atoms with E-state index in [2.05, 4.69) is 20.7 Å². The fourth-order valence-corrected chi connectivity index (χ4v) is 2.03. The topological polar surface area (TPSA) is 77.1 Å². The zero-order valence-corrected chi connectivity index (χ0v) is 12.5. The number of aromatic nitrogens is 4. The van der Waals surface area contributed by atoms with Gasteiger partial charge in [0.1, 0.15) is 5.69 Å². The van der Waals surface area contributed by atoms with E-state index in [1.54, 1.807) is 20.9 Å². The van der Waals surface area contributed by atoms with E-state index in [4.69, 9.17) is 11.6 Å². The highest BCUT2D eigenvalue weighted by Gasteiger charge is 2.18. The molecule has 0 spiro atoms. The molecule has 0 aliphatic heterocycles. The van der Waals surface area contributed by atoms with E-state index >= 15 is 0 Å². The molecule has 2 heterocycles. The molecule has 0 atom stereocenters. The minimum Gasteiger partial charge on any atom is -0.266 e. The molecule has 112 valence electrons. The molecule has 0 aliphatic carbocycles. The number of rotatable bonds is 4. The minimum absolute atomic E-state index is 0.185. The summed E-state index contributed by atoms with van der Waals surface area (Å²) in [6.45, 7) is 3.87. The van der Waals surface area contributed by atoms with E-state index in [1.807, 2.05) is 0 Å². The van der Waals surface area contributed by atoms with Crippen molar-refractivity contribution in [3.8, 4) is 0 Å². The van der Waals surface area contributed by atoms with E-state index in [-0.39, 0.29) is 16.3 Å². The van der Waals surface area contributed by atoms with Gasteiger partial charge in [-0.1, -0.05) is 11.6 Å². The van der Waals surface area contributed by atoms with Crippen LogP contribution in [0, 0.1) is 12.9 Å². The molecule has 0 unspecified atom stereocenters. The number of amides is 1. The lowest BCUT2D eigenvalue weighted by atomic mass is 10.3. The Morgan fingerprint density at radius 2 is 2.33 bits per heavy atom. The van der Waals surface area contributed by atoms with Crippen LogP contribution in [0.4, 0.5) is 4.39 Å². The first-order chi connectivity index (χ1) is 9.95. The van der Waals surface area contributed by atoms with Gasteiger partial charge in [-0.05, 0) is 13.8 Å². The number of hydrogen-bond acceptors (Lipinski definition) is 4. The first-order valence-electron chi connectivity index (χ1n) is 6.19. The average molecular weight is 313 g/mol. The number of carbonyl (C=O) groups excluding carboxylic acids is 1. The molecule has 9 heteroatoms. The Morgan fingerprint density at radius 3 is 2.86 bits per heavy atom. The third-order valence-electron chi connectivity index (χ3n) is 2.83. The number of carbonyl (C=O) groups is 1. The molecule has 2 aromatic rings. The number of nitrogens with zero attached hydrogens (tertiary/aromatic N) is 5. The van der Waals surface area contributed by atoms with Crippen LogP contribution in [-0.4, -0.2) is 31.7 Å². The number of halogens is 2. The molecule has 0 saturated carbocycles. The van der Waals surface area contributed by atoms with E-state index in [0.29, 0.717) is 12.2 Å². The smallest absolute Gasteiger partial charge is 0.266 e. The summed E-state index contributed by atoms with van der Waals surface area (Å²) in [7, 11) is 1.60. The molecule has 1 N–H and O–H groups in total. The lowest BCUT2D eigenvalue weighted by Crippen LogP contribution is -2.21. The van der Waals surface area contributed by atoms with Crippen molar-refractivity contribution in [2.24, 2.45) is 12.1 Å². The van der Waals surface area contributed by atoms with E-state index in [0.717, 1.165) is 0 Å². The van der Waals surface area contributed by atoms with Gasteiger partial charge in [-0.15, -0.1) is 0 Å². The van der Waals surface area contributed by atoms with Gasteiger partial charge < -0.3 is 0 Å². The molecule has 0 bridgehead atoms. The molecule has 0 fully saturated rings. The van der Waals surface area contributed by atoms with Crippen LogP contribution in [-0.2, 0) is 13.6 Å². The van der Waals surface area contributed by atoms with Gasteiger partial charge >= 0.3 is 0 Å². The van der Waals surface area contributed by atoms with Crippen LogP contribution < -0.4 is 5.43 Å². The minimum atomic E-state index is -0.525. The van der Waals surface area contributed by atoms with Crippen molar-refractivity contribution in [1.82, 2.24) is 25.0 Å². The van der Waals surface area contributed by atoms with Crippen molar-refractivity contribution >= 4 is 23.7 Å². The first-order valence-corrected chi connectivity index (χ1v) is 6.57. The Kier molecular flexibility index (Phi) is 4.37. The SMILES string of the molecule is CCn1ncc(/C=N/NC(=O)c2c(Cl)c(C)nn2C)c1F.